The number of benzene rings is 4. The van der Waals surface area contributed by atoms with Gasteiger partial charge in [-0.2, -0.15) is 10.5 Å². The maximum atomic E-state index is 9.85. The van der Waals surface area contributed by atoms with E-state index in [0.717, 1.165) is 33.0 Å². The third kappa shape index (κ3) is 2.92. The van der Waals surface area contributed by atoms with E-state index >= 15 is 0 Å². The van der Waals surface area contributed by atoms with E-state index in [1.54, 1.807) is 0 Å². The van der Waals surface area contributed by atoms with Crippen LogP contribution in [0.2, 0.25) is 0 Å². The molecule has 0 heterocycles. The Balaban J connectivity index is 2.29. The molecular weight excluding hydrogens is 372 g/mol. The fraction of sp³-hybridized carbons (Fsp3) is 0.0769. The molecule has 4 aromatic rings. The molecule has 0 amide bonds. The summed E-state index contributed by atoms with van der Waals surface area (Å²) in [6.07, 6.45) is 0. The minimum Gasteiger partial charge on any atom is -0.495 e. The van der Waals surface area contributed by atoms with Crippen LogP contribution in [0.5, 0.6) is 11.5 Å². The van der Waals surface area contributed by atoms with Crippen molar-refractivity contribution in [2.24, 2.45) is 0 Å². The SMILES string of the molecule is COc1c(C#N)c(C#N)c(OC)c2c(-c3ccccc3)ccc(-c3ccccc3)c12. The average Bonchev–Trinajstić information content (AvgIpc) is 2.82. The van der Waals surface area contributed by atoms with Gasteiger partial charge >= 0.3 is 0 Å². The van der Waals surface area contributed by atoms with Gasteiger partial charge in [0.05, 0.1) is 14.2 Å². The standard InChI is InChI=1S/C26H18N2O2/c1-29-25-21(15-27)22(16-28)26(30-2)24-20(18-11-7-4-8-12-18)14-13-19(23(24)25)17-9-5-3-6-10-17/h3-14H,1-2H3. The molecule has 0 fully saturated rings. The molecule has 0 aromatic heterocycles. The van der Waals surface area contributed by atoms with Crippen molar-refractivity contribution in [3.8, 4) is 45.9 Å². The van der Waals surface area contributed by atoms with Gasteiger partial charge in [0.15, 0.2) is 0 Å². The quantitative estimate of drug-likeness (QED) is 0.433. The molecule has 0 bridgehead atoms. The lowest BCUT2D eigenvalue weighted by Gasteiger charge is -2.20. The van der Waals surface area contributed by atoms with Gasteiger partial charge in [-0.15, -0.1) is 0 Å². The summed E-state index contributed by atoms with van der Waals surface area (Å²) in [7, 11) is 3.04. The van der Waals surface area contributed by atoms with Crippen molar-refractivity contribution in [2.45, 2.75) is 0 Å². The molecule has 0 unspecified atom stereocenters. The predicted octanol–water partition coefficient (Wildman–Crippen LogP) is 5.93. The van der Waals surface area contributed by atoms with E-state index in [1.807, 2.05) is 72.8 Å². The molecule has 30 heavy (non-hydrogen) atoms. The largest absolute Gasteiger partial charge is 0.495 e. The molecule has 144 valence electrons. The lowest BCUT2D eigenvalue weighted by molar-refractivity contribution is 0.408. The van der Waals surface area contributed by atoms with Crippen LogP contribution in [-0.2, 0) is 0 Å². The molecule has 4 aromatic carbocycles. The molecule has 0 saturated carbocycles. The Morgan fingerprint density at radius 2 is 0.933 bits per heavy atom. The van der Waals surface area contributed by atoms with Crippen molar-refractivity contribution in [2.75, 3.05) is 14.2 Å². The van der Waals surface area contributed by atoms with Crippen LogP contribution in [0.1, 0.15) is 11.1 Å². The van der Waals surface area contributed by atoms with E-state index in [4.69, 9.17) is 9.47 Å². The highest BCUT2D eigenvalue weighted by Crippen LogP contribution is 2.48. The van der Waals surface area contributed by atoms with E-state index < -0.39 is 0 Å². The van der Waals surface area contributed by atoms with Crippen molar-refractivity contribution in [1.29, 1.82) is 10.5 Å². The Hall–Kier alpha value is -4.28. The van der Waals surface area contributed by atoms with Crippen LogP contribution in [0.25, 0.3) is 33.0 Å². The normalized spacial score (nSPS) is 10.3. The van der Waals surface area contributed by atoms with Crippen LogP contribution in [0.15, 0.2) is 72.8 Å². The summed E-state index contributed by atoms with van der Waals surface area (Å²) in [5.74, 6) is 0.753. The third-order valence-corrected chi connectivity index (χ3v) is 5.17. The molecule has 0 radical (unpaired) electrons. The number of hydrogen-bond acceptors (Lipinski definition) is 4. The number of hydrogen-bond donors (Lipinski definition) is 0. The number of rotatable bonds is 4. The minimum atomic E-state index is 0.173. The summed E-state index contributed by atoms with van der Waals surface area (Å²) in [4.78, 5) is 0. The summed E-state index contributed by atoms with van der Waals surface area (Å²) in [6.45, 7) is 0. The van der Waals surface area contributed by atoms with Crippen LogP contribution < -0.4 is 9.47 Å². The Kier molecular flexibility index (Phi) is 5.08. The zero-order valence-electron chi connectivity index (χ0n) is 16.6. The average molecular weight is 390 g/mol. The second-order valence-corrected chi connectivity index (χ2v) is 6.68. The first-order valence-electron chi connectivity index (χ1n) is 9.40. The first kappa shape index (κ1) is 19.1. The Morgan fingerprint density at radius 1 is 0.567 bits per heavy atom. The highest BCUT2D eigenvalue weighted by atomic mass is 16.5. The Morgan fingerprint density at radius 3 is 1.23 bits per heavy atom. The zero-order chi connectivity index (χ0) is 21.1. The molecule has 4 heteroatoms. The lowest BCUT2D eigenvalue weighted by Crippen LogP contribution is -2.01. The number of nitriles is 2. The predicted molar refractivity (Wildman–Crippen MR) is 117 cm³/mol. The number of fused-ring (bicyclic) bond motifs is 1. The van der Waals surface area contributed by atoms with Gasteiger partial charge in [0, 0.05) is 10.8 Å². The lowest BCUT2D eigenvalue weighted by atomic mass is 9.88. The van der Waals surface area contributed by atoms with E-state index in [2.05, 4.69) is 12.1 Å². The van der Waals surface area contributed by atoms with Gasteiger partial charge in [-0.3, -0.25) is 0 Å². The fourth-order valence-electron chi connectivity index (χ4n) is 3.89. The zero-order valence-corrected chi connectivity index (χ0v) is 16.6. The molecule has 0 spiro atoms. The molecule has 0 aliphatic carbocycles. The maximum Gasteiger partial charge on any atom is 0.146 e. The first-order valence-corrected chi connectivity index (χ1v) is 9.40. The van der Waals surface area contributed by atoms with Gasteiger partial charge in [-0.25, -0.2) is 0 Å². The topological polar surface area (TPSA) is 66.0 Å². The third-order valence-electron chi connectivity index (χ3n) is 5.17. The van der Waals surface area contributed by atoms with E-state index in [0.29, 0.717) is 11.5 Å². The molecule has 0 N–H and O–H groups in total. The van der Waals surface area contributed by atoms with Crippen molar-refractivity contribution in [3.63, 3.8) is 0 Å². The van der Waals surface area contributed by atoms with Gasteiger partial charge in [0.1, 0.15) is 34.8 Å². The van der Waals surface area contributed by atoms with Gasteiger partial charge in [-0.05, 0) is 22.3 Å². The summed E-state index contributed by atoms with van der Waals surface area (Å²) in [6, 6.07) is 28.1. The van der Waals surface area contributed by atoms with Crippen molar-refractivity contribution < 1.29 is 9.47 Å². The summed E-state index contributed by atoms with van der Waals surface area (Å²) < 4.78 is 11.4. The molecule has 0 atom stereocenters. The van der Waals surface area contributed by atoms with Crippen molar-refractivity contribution >= 4 is 10.8 Å². The summed E-state index contributed by atoms with van der Waals surface area (Å²) in [5.41, 5.74) is 4.12. The van der Waals surface area contributed by atoms with Gasteiger partial charge in [0.25, 0.3) is 0 Å². The fourth-order valence-corrected chi connectivity index (χ4v) is 3.89. The van der Waals surface area contributed by atoms with Crippen LogP contribution in [0.3, 0.4) is 0 Å². The minimum absolute atomic E-state index is 0.173. The first-order chi connectivity index (χ1) is 14.7. The van der Waals surface area contributed by atoms with Crippen LogP contribution in [0, 0.1) is 22.7 Å². The smallest absolute Gasteiger partial charge is 0.146 e. The molecule has 0 aliphatic rings. The highest BCUT2D eigenvalue weighted by molar-refractivity contribution is 6.13. The van der Waals surface area contributed by atoms with Crippen LogP contribution >= 0.6 is 0 Å². The van der Waals surface area contributed by atoms with Gasteiger partial charge in [-0.1, -0.05) is 72.8 Å². The molecule has 0 saturated heterocycles. The second-order valence-electron chi connectivity index (χ2n) is 6.68. The molecule has 4 nitrogen and oxygen atoms in total. The van der Waals surface area contributed by atoms with E-state index in [1.165, 1.54) is 14.2 Å². The monoisotopic (exact) mass is 390 g/mol. The molecular formula is C26H18N2O2. The maximum absolute atomic E-state index is 9.85. The molecule has 4 rings (SSSR count). The van der Waals surface area contributed by atoms with Crippen LogP contribution in [0.4, 0.5) is 0 Å². The van der Waals surface area contributed by atoms with Crippen molar-refractivity contribution in [1.82, 2.24) is 0 Å². The summed E-state index contributed by atoms with van der Waals surface area (Å²) >= 11 is 0. The molecule has 0 aliphatic heterocycles. The van der Waals surface area contributed by atoms with E-state index in [-0.39, 0.29) is 11.1 Å². The second kappa shape index (κ2) is 7.99. The van der Waals surface area contributed by atoms with E-state index in [9.17, 15) is 10.5 Å². The highest BCUT2D eigenvalue weighted by Gasteiger charge is 2.25. The number of methoxy groups -OCH3 is 2. The van der Waals surface area contributed by atoms with Crippen LogP contribution in [-0.4, -0.2) is 14.2 Å². The van der Waals surface area contributed by atoms with Crippen molar-refractivity contribution in [3.05, 3.63) is 83.9 Å². The van der Waals surface area contributed by atoms with Gasteiger partial charge in [0.2, 0.25) is 0 Å². The Labute approximate surface area is 175 Å². The summed E-state index contributed by atoms with van der Waals surface area (Å²) in [5, 5.41) is 21.2. The number of ether oxygens (including phenoxy) is 2. The van der Waals surface area contributed by atoms with Gasteiger partial charge < -0.3 is 9.47 Å². The Bertz CT molecular complexity index is 1210. The number of nitrogens with zero attached hydrogens (tertiary/aromatic N) is 2.